The summed E-state index contributed by atoms with van der Waals surface area (Å²) in [5.41, 5.74) is 0. The summed E-state index contributed by atoms with van der Waals surface area (Å²) in [6.07, 6.45) is 10.2. The van der Waals surface area contributed by atoms with E-state index in [1.807, 2.05) is 0 Å². The molecule has 0 spiro atoms. The molecule has 3 nitrogen and oxygen atoms in total. The number of nitrogens with one attached hydrogen (secondary N) is 1. The molecule has 0 aromatic rings. The first-order valence-corrected chi connectivity index (χ1v) is 8.59. The van der Waals surface area contributed by atoms with Gasteiger partial charge in [0.1, 0.15) is 0 Å². The lowest BCUT2D eigenvalue weighted by Gasteiger charge is -2.42. The Hall–Kier alpha value is -0.120. The zero-order valence-corrected chi connectivity index (χ0v) is 12.4. The third-order valence-corrected chi connectivity index (χ3v) is 5.47. The van der Waals surface area contributed by atoms with E-state index in [0.29, 0.717) is 0 Å². The number of hydrogen-bond donors (Lipinski definition) is 1. The van der Waals surface area contributed by atoms with Crippen LogP contribution in [0.5, 0.6) is 0 Å². The molecule has 1 N–H and O–H groups in total. The Labute approximate surface area is 118 Å². The topological polar surface area (TPSA) is 18.5 Å². The molecule has 0 atom stereocenters. The van der Waals surface area contributed by atoms with Gasteiger partial charge in [-0.1, -0.05) is 19.3 Å². The number of piperidine rings is 1. The van der Waals surface area contributed by atoms with Gasteiger partial charge in [-0.05, 0) is 44.7 Å². The summed E-state index contributed by atoms with van der Waals surface area (Å²) in [5.74, 6) is 1.01. The fraction of sp³-hybridized carbons (Fsp3) is 1.00. The standard InChI is InChI=1S/C16H31N3/c1-2-4-15(5-3-1)14-18-10-12-19(13-11-18)16-6-8-17-9-7-16/h15-17H,1-14H2. The van der Waals surface area contributed by atoms with Crippen LogP contribution in [0.25, 0.3) is 0 Å². The zero-order chi connectivity index (χ0) is 12.9. The second kappa shape index (κ2) is 7.05. The summed E-state index contributed by atoms with van der Waals surface area (Å²) in [6.45, 7) is 9.12. The average molecular weight is 265 g/mol. The molecular formula is C16H31N3. The van der Waals surface area contributed by atoms with Gasteiger partial charge in [-0.15, -0.1) is 0 Å². The van der Waals surface area contributed by atoms with Gasteiger partial charge in [-0.2, -0.15) is 0 Å². The lowest BCUT2D eigenvalue weighted by atomic mass is 9.89. The molecule has 0 radical (unpaired) electrons. The fourth-order valence-electron chi connectivity index (χ4n) is 4.22. The molecule has 2 saturated heterocycles. The number of rotatable bonds is 3. The molecule has 2 aliphatic heterocycles. The molecule has 0 amide bonds. The third-order valence-electron chi connectivity index (χ3n) is 5.47. The lowest BCUT2D eigenvalue weighted by molar-refractivity contribution is 0.0697. The van der Waals surface area contributed by atoms with Crippen LogP contribution in [0.4, 0.5) is 0 Å². The Bertz CT molecular complexity index is 249. The first-order chi connectivity index (χ1) is 9.42. The van der Waals surface area contributed by atoms with Crippen molar-refractivity contribution in [1.29, 1.82) is 0 Å². The molecule has 3 aliphatic rings. The van der Waals surface area contributed by atoms with E-state index in [1.165, 1.54) is 90.8 Å². The average Bonchev–Trinajstić information content (AvgIpc) is 2.50. The van der Waals surface area contributed by atoms with E-state index in [-0.39, 0.29) is 0 Å². The molecule has 3 fully saturated rings. The van der Waals surface area contributed by atoms with Gasteiger partial charge in [-0.3, -0.25) is 4.90 Å². The summed E-state index contributed by atoms with van der Waals surface area (Å²) in [5, 5.41) is 3.48. The molecule has 19 heavy (non-hydrogen) atoms. The second-order valence-electron chi connectivity index (χ2n) is 6.82. The minimum absolute atomic E-state index is 0.873. The highest BCUT2D eigenvalue weighted by molar-refractivity contribution is 4.83. The van der Waals surface area contributed by atoms with Crippen molar-refractivity contribution in [2.45, 2.75) is 51.0 Å². The molecule has 1 aliphatic carbocycles. The van der Waals surface area contributed by atoms with E-state index in [4.69, 9.17) is 0 Å². The first kappa shape index (κ1) is 13.8. The molecular weight excluding hydrogens is 234 g/mol. The summed E-state index contributed by atoms with van der Waals surface area (Å²) >= 11 is 0. The van der Waals surface area contributed by atoms with Crippen molar-refractivity contribution in [1.82, 2.24) is 15.1 Å². The predicted molar refractivity (Wildman–Crippen MR) is 80.5 cm³/mol. The molecule has 0 aromatic heterocycles. The Morgan fingerprint density at radius 3 is 2.16 bits per heavy atom. The summed E-state index contributed by atoms with van der Waals surface area (Å²) < 4.78 is 0. The van der Waals surface area contributed by atoms with Gasteiger partial charge in [0.15, 0.2) is 0 Å². The van der Waals surface area contributed by atoms with Crippen molar-refractivity contribution in [2.24, 2.45) is 5.92 Å². The molecule has 0 unspecified atom stereocenters. The Morgan fingerprint density at radius 1 is 0.789 bits per heavy atom. The summed E-state index contributed by atoms with van der Waals surface area (Å²) in [7, 11) is 0. The van der Waals surface area contributed by atoms with Crippen LogP contribution in [0.2, 0.25) is 0 Å². The lowest BCUT2D eigenvalue weighted by Crippen LogP contribution is -2.53. The van der Waals surface area contributed by atoms with Gasteiger partial charge < -0.3 is 10.2 Å². The van der Waals surface area contributed by atoms with Crippen LogP contribution in [0.15, 0.2) is 0 Å². The van der Waals surface area contributed by atoms with E-state index in [0.717, 1.165) is 12.0 Å². The molecule has 0 aromatic carbocycles. The van der Waals surface area contributed by atoms with Crippen molar-refractivity contribution < 1.29 is 0 Å². The minimum Gasteiger partial charge on any atom is -0.317 e. The quantitative estimate of drug-likeness (QED) is 0.841. The summed E-state index contributed by atoms with van der Waals surface area (Å²) in [6, 6.07) is 0.873. The fourth-order valence-corrected chi connectivity index (χ4v) is 4.22. The second-order valence-corrected chi connectivity index (χ2v) is 6.82. The highest BCUT2D eigenvalue weighted by Gasteiger charge is 2.26. The van der Waals surface area contributed by atoms with E-state index in [2.05, 4.69) is 15.1 Å². The van der Waals surface area contributed by atoms with E-state index in [9.17, 15) is 0 Å². The van der Waals surface area contributed by atoms with Crippen LogP contribution < -0.4 is 5.32 Å². The number of piperazine rings is 1. The van der Waals surface area contributed by atoms with Gasteiger partial charge in [0.05, 0.1) is 0 Å². The molecule has 110 valence electrons. The van der Waals surface area contributed by atoms with Gasteiger partial charge in [0, 0.05) is 38.8 Å². The minimum atomic E-state index is 0.873. The molecule has 3 heteroatoms. The maximum Gasteiger partial charge on any atom is 0.0120 e. The third kappa shape index (κ3) is 3.93. The largest absolute Gasteiger partial charge is 0.317 e. The van der Waals surface area contributed by atoms with E-state index < -0.39 is 0 Å². The van der Waals surface area contributed by atoms with Crippen molar-refractivity contribution in [2.75, 3.05) is 45.8 Å². The highest BCUT2D eigenvalue weighted by atomic mass is 15.3. The first-order valence-electron chi connectivity index (χ1n) is 8.59. The van der Waals surface area contributed by atoms with Crippen LogP contribution in [-0.4, -0.2) is 61.7 Å². The van der Waals surface area contributed by atoms with Crippen LogP contribution in [0, 0.1) is 5.92 Å². The van der Waals surface area contributed by atoms with Gasteiger partial charge in [-0.25, -0.2) is 0 Å². The van der Waals surface area contributed by atoms with Gasteiger partial charge in [0.2, 0.25) is 0 Å². The molecule has 0 bridgehead atoms. The van der Waals surface area contributed by atoms with E-state index in [1.54, 1.807) is 0 Å². The molecule has 2 heterocycles. The predicted octanol–water partition coefficient (Wildman–Crippen LogP) is 1.94. The normalized spacial score (nSPS) is 29.7. The Morgan fingerprint density at radius 2 is 1.47 bits per heavy atom. The molecule has 1 saturated carbocycles. The van der Waals surface area contributed by atoms with Crippen LogP contribution >= 0.6 is 0 Å². The number of hydrogen-bond acceptors (Lipinski definition) is 3. The number of nitrogens with zero attached hydrogens (tertiary/aromatic N) is 2. The Balaban J connectivity index is 1.38. The SMILES string of the molecule is C1CCC(CN2CCN(C3CCNCC3)CC2)CC1. The van der Waals surface area contributed by atoms with Crippen molar-refractivity contribution in [3.8, 4) is 0 Å². The summed E-state index contributed by atoms with van der Waals surface area (Å²) in [4.78, 5) is 5.51. The maximum absolute atomic E-state index is 3.48. The smallest absolute Gasteiger partial charge is 0.0120 e. The van der Waals surface area contributed by atoms with Crippen LogP contribution in [0.1, 0.15) is 44.9 Å². The monoisotopic (exact) mass is 265 g/mol. The van der Waals surface area contributed by atoms with E-state index >= 15 is 0 Å². The maximum atomic E-state index is 3.48. The molecule has 3 rings (SSSR count). The van der Waals surface area contributed by atoms with Crippen molar-refractivity contribution in [3.63, 3.8) is 0 Å². The Kier molecular flexibility index (Phi) is 5.14. The van der Waals surface area contributed by atoms with Gasteiger partial charge in [0.25, 0.3) is 0 Å². The van der Waals surface area contributed by atoms with Crippen LogP contribution in [0.3, 0.4) is 0 Å². The zero-order valence-electron chi connectivity index (χ0n) is 12.4. The van der Waals surface area contributed by atoms with Crippen LogP contribution in [-0.2, 0) is 0 Å². The van der Waals surface area contributed by atoms with Crippen molar-refractivity contribution in [3.05, 3.63) is 0 Å². The highest BCUT2D eigenvalue weighted by Crippen LogP contribution is 2.25. The van der Waals surface area contributed by atoms with Crippen molar-refractivity contribution >= 4 is 0 Å². The van der Waals surface area contributed by atoms with Gasteiger partial charge >= 0.3 is 0 Å².